The van der Waals surface area contributed by atoms with Gasteiger partial charge in [0.15, 0.2) is 0 Å². The van der Waals surface area contributed by atoms with Gasteiger partial charge in [-0.3, -0.25) is 0 Å². The normalized spacial score (nSPS) is 13.5. The van der Waals surface area contributed by atoms with Crippen LogP contribution in [0.2, 0.25) is 0 Å². The number of aryl methyl sites for hydroxylation is 1. The minimum absolute atomic E-state index is 0.388. The Labute approximate surface area is 61.2 Å². The van der Waals surface area contributed by atoms with Crippen LogP contribution in [0.1, 0.15) is 24.3 Å². The molecular formula is C8H13NO. The van der Waals surface area contributed by atoms with E-state index in [1.165, 1.54) is 5.56 Å². The maximum absolute atomic E-state index is 5.15. The Morgan fingerprint density at radius 2 is 2.30 bits per heavy atom. The highest BCUT2D eigenvalue weighted by Gasteiger charge is 2.06. The first kappa shape index (κ1) is 7.35. The van der Waals surface area contributed by atoms with Crippen molar-refractivity contribution in [2.45, 2.75) is 19.9 Å². The molecule has 0 aliphatic carbocycles. The van der Waals surface area contributed by atoms with Crippen LogP contribution < -0.4 is 5.32 Å². The second-order valence-electron chi connectivity index (χ2n) is 2.44. The van der Waals surface area contributed by atoms with Gasteiger partial charge in [-0.2, -0.15) is 0 Å². The number of nitrogens with one attached hydrogen (secondary N) is 1. The predicted octanol–water partition coefficient (Wildman–Crippen LogP) is 1.87. The van der Waals surface area contributed by atoms with E-state index < -0.39 is 0 Å². The summed E-state index contributed by atoms with van der Waals surface area (Å²) in [5.41, 5.74) is 1.24. The molecule has 0 amide bonds. The van der Waals surface area contributed by atoms with Crippen molar-refractivity contribution in [2.75, 3.05) is 7.05 Å². The van der Waals surface area contributed by atoms with Gasteiger partial charge in [-0.25, -0.2) is 0 Å². The molecule has 0 bridgehead atoms. The van der Waals surface area contributed by atoms with Gasteiger partial charge in [0.1, 0.15) is 5.76 Å². The summed E-state index contributed by atoms with van der Waals surface area (Å²) in [6, 6.07) is 2.38. The van der Waals surface area contributed by atoms with Crippen molar-refractivity contribution in [2.24, 2.45) is 0 Å². The zero-order valence-corrected chi connectivity index (χ0v) is 6.64. The van der Waals surface area contributed by atoms with Crippen molar-refractivity contribution < 1.29 is 4.42 Å². The molecule has 1 rings (SSSR count). The fourth-order valence-corrected chi connectivity index (χ4v) is 1.000. The van der Waals surface area contributed by atoms with Crippen molar-refractivity contribution in [3.8, 4) is 0 Å². The third-order valence-corrected chi connectivity index (χ3v) is 1.80. The Balaban J connectivity index is 2.82. The molecule has 0 spiro atoms. The fraction of sp³-hybridized carbons (Fsp3) is 0.500. The number of hydrogen-bond acceptors (Lipinski definition) is 2. The van der Waals surface area contributed by atoms with E-state index in [1.54, 1.807) is 6.26 Å². The number of rotatable bonds is 2. The first-order valence-electron chi connectivity index (χ1n) is 3.47. The molecule has 0 aromatic carbocycles. The average molecular weight is 139 g/mol. The van der Waals surface area contributed by atoms with Gasteiger partial charge >= 0.3 is 0 Å². The molecule has 0 saturated heterocycles. The highest BCUT2D eigenvalue weighted by atomic mass is 16.3. The molecule has 1 N–H and O–H groups in total. The van der Waals surface area contributed by atoms with Crippen LogP contribution in [0.5, 0.6) is 0 Å². The van der Waals surface area contributed by atoms with Gasteiger partial charge < -0.3 is 9.73 Å². The highest BCUT2D eigenvalue weighted by molar-refractivity contribution is 5.18. The van der Waals surface area contributed by atoms with Gasteiger partial charge in [-0.15, -0.1) is 0 Å². The molecule has 1 heterocycles. The van der Waals surface area contributed by atoms with Gasteiger partial charge in [0.05, 0.1) is 6.26 Å². The Hall–Kier alpha value is -0.760. The summed E-state index contributed by atoms with van der Waals surface area (Å²) >= 11 is 0. The third kappa shape index (κ3) is 1.21. The lowest BCUT2D eigenvalue weighted by atomic mass is 10.1. The Morgan fingerprint density at radius 3 is 2.70 bits per heavy atom. The smallest absolute Gasteiger partial charge is 0.105 e. The maximum atomic E-state index is 5.15. The third-order valence-electron chi connectivity index (χ3n) is 1.80. The molecule has 1 aromatic heterocycles. The quantitative estimate of drug-likeness (QED) is 0.676. The van der Waals surface area contributed by atoms with Gasteiger partial charge in [-0.1, -0.05) is 0 Å². The highest BCUT2D eigenvalue weighted by Crippen LogP contribution is 2.16. The molecule has 0 saturated carbocycles. The Bertz CT molecular complexity index is 205. The van der Waals surface area contributed by atoms with E-state index in [0.717, 1.165) is 5.76 Å². The van der Waals surface area contributed by atoms with Crippen LogP contribution in [0.3, 0.4) is 0 Å². The van der Waals surface area contributed by atoms with Crippen LogP contribution in [0, 0.1) is 6.92 Å². The van der Waals surface area contributed by atoms with Crippen molar-refractivity contribution in [1.29, 1.82) is 0 Å². The molecule has 0 aliphatic rings. The van der Waals surface area contributed by atoms with Gasteiger partial charge in [0, 0.05) is 11.6 Å². The summed E-state index contributed by atoms with van der Waals surface area (Å²) in [6.45, 7) is 4.08. The summed E-state index contributed by atoms with van der Waals surface area (Å²) in [4.78, 5) is 0. The predicted molar refractivity (Wildman–Crippen MR) is 40.9 cm³/mol. The molecule has 1 aromatic rings. The van der Waals surface area contributed by atoms with Crippen molar-refractivity contribution in [1.82, 2.24) is 5.32 Å². The maximum Gasteiger partial charge on any atom is 0.105 e. The zero-order valence-electron chi connectivity index (χ0n) is 6.64. The number of hydrogen-bond donors (Lipinski definition) is 1. The van der Waals surface area contributed by atoms with Crippen molar-refractivity contribution in [3.05, 3.63) is 23.7 Å². The topological polar surface area (TPSA) is 25.2 Å². The van der Waals surface area contributed by atoms with Crippen LogP contribution in [-0.2, 0) is 0 Å². The Kier molecular flexibility index (Phi) is 2.12. The molecule has 0 aliphatic heterocycles. The lowest BCUT2D eigenvalue weighted by molar-refractivity contribution is 0.520. The fourth-order valence-electron chi connectivity index (χ4n) is 1.000. The molecular weight excluding hydrogens is 126 g/mol. The van der Waals surface area contributed by atoms with E-state index >= 15 is 0 Å². The van der Waals surface area contributed by atoms with Crippen LogP contribution in [0.25, 0.3) is 0 Å². The van der Waals surface area contributed by atoms with E-state index in [1.807, 2.05) is 20.0 Å². The Morgan fingerprint density at radius 1 is 1.60 bits per heavy atom. The van der Waals surface area contributed by atoms with E-state index in [4.69, 9.17) is 4.42 Å². The standard InChI is InChI=1S/C8H13NO/c1-6(9-3)8-4-5-10-7(8)2/h4-6,9H,1-3H3. The summed E-state index contributed by atoms with van der Waals surface area (Å²) in [5.74, 6) is 1.00. The van der Waals surface area contributed by atoms with Gasteiger partial charge in [0.2, 0.25) is 0 Å². The van der Waals surface area contributed by atoms with E-state index in [2.05, 4.69) is 12.2 Å². The second kappa shape index (κ2) is 2.88. The van der Waals surface area contributed by atoms with Crippen LogP contribution in [-0.4, -0.2) is 7.05 Å². The average Bonchev–Trinajstić information content (AvgIpc) is 2.34. The SMILES string of the molecule is CNC(C)c1ccoc1C. The molecule has 2 nitrogen and oxygen atoms in total. The molecule has 1 atom stereocenters. The lowest BCUT2D eigenvalue weighted by Gasteiger charge is -2.07. The van der Waals surface area contributed by atoms with Crippen LogP contribution in [0.15, 0.2) is 16.7 Å². The molecule has 1 unspecified atom stereocenters. The molecule has 0 fully saturated rings. The molecule has 0 radical (unpaired) electrons. The first-order valence-corrected chi connectivity index (χ1v) is 3.47. The summed E-state index contributed by atoms with van der Waals surface area (Å²) in [7, 11) is 1.94. The minimum Gasteiger partial charge on any atom is -0.469 e. The lowest BCUT2D eigenvalue weighted by Crippen LogP contribution is -2.12. The van der Waals surface area contributed by atoms with E-state index in [9.17, 15) is 0 Å². The monoisotopic (exact) mass is 139 g/mol. The minimum atomic E-state index is 0.388. The number of furan rings is 1. The molecule has 10 heavy (non-hydrogen) atoms. The summed E-state index contributed by atoms with van der Waals surface area (Å²) < 4.78 is 5.15. The first-order chi connectivity index (χ1) is 4.75. The molecule has 56 valence electrons. The van der Waals surface area contributed by atoms with Crippen molar-refractivity contribution >= 4 is 0 Å². The van der Waals surface area contributed by atoms with E-state index in [0.29, 0.717) is 6.04 Å². The van der Waals surface area contributed by atoms with Crippen LogP contribution in [0.4, 0.5) is 0 Å². The summed E-state index contributed by atoms with van der Waals surface area (Å²) in [6.07, 6.45) is 1.72. The summed E-state index contributed by atoms with van der Waals surface area (Å²) in [5, 5.41) is 3.15. The van der Waals surface area contributed by atoms with Crippen LogP contribution >= 0.6 is 0 Å². The van der Waals surface area contributed by atoms with Gasteiger partial charge in [0.25, 0.3) is 0 Å². The zero-order chi connectivity index (χ0) is 7.56. The molecule has 2 heteroatoms. The second-order valence-corrected chi connectivity index (χ2v) is 2.44. The van der Waals surface area contributed by atoms with Gasteiger partial charge in [-0.05, 0) is 27.0 Å². The van der Waals surface area contributed by atoms with E-state index in [-0.39, 0.29) is 0 Å². The largest absolute Gasteiger partial charge is 0.469 e. The van der Waals surface area contributed by atoms with Crippen molar-refractivity contribution in [3.63, 3.8) is 0 Å².